The monoisotopic (exact) mass is 282 g/mol. The molecule has 0 aliphatic heterocycles. The van der Waals surface area contributed by atoms with Gasteiger partial charge in [-0.3, -0.25) is 9.78 Å². The van der Waals surface area contributed by atoms with E-state index in [1.807, 2.05) is 36.4 Å². The highest BCUT2D eigenvalue weighted by atomic mass is 16.4. The first-order valence-corrected chi connectivity index (χ1v) is 7.17. The van der Waals surface area contributed by atoms with Crippen LogP contribution in [0.3, 0.4) is 0 Å². The van der Waals surface area contributed by atoms with Crippen molar-refractivity contribution >= 4 is 11.7 Å². The van der Waals surface area contributed by atoms with Crippen molar-refractivity contribution in [1.29, 1.82) is 0 Å². The number of benzene rings is 1. The minimum Gasteiger partial charge on any atom is -0.481 e. The van der Waals surface area contributed by atoms with Gasteiger partial charge in [0.2, 0.25) is 0 Å². The molecule has 3 rings (SSSR count). The van der Waals surface area contributed by atoms with Gasteiger partial charge >= 0.3 is 5.97 Å². The van der Waals surface area contributed by atoms with E-state index in [-0.39, 0.29) is 0 Å². The summed E-state index contributed by atoms with van der Waals surface area (Å²) in [5.41, 5.74) is 2.42. The maximum Gasteiger partial charge on any atom is 0.314 e. The first-order valence-electron chi connectivity index (χ1n) is 7.17. The molecule has 0 spiro atoms. The predicted octanol–water partition coefficient (Wildman–Crippen LogP) is 3.20. The van der Waals surface area contributed by atoms with Crippen molar-refractivity contribution in [3.63, 3.8) is 0 Å². The summed E-state index contributed by atoms with van der Waals surface area (Å²) in [4.78, 5) is 15.5. The number of aromatic nitrogens is 1. The number of hydrogen-bond donors (Lipinski definition) is 2. The lowest BCUT2D eigenvalue weighted by Gasteiger charge is -2.38. The van der Waals surface area contributed by atoms with Gasteiger partial charge in [0.25, 0.3) is 0 Å². The molecule has 2 N–H and O–H groups in total. The van der Waals surface area contributed by atoms with Crippen LogP contribution in [-0.2, 0) is 16.8 Å². The van der Waals surface area contributed by atoms with Crippen LogP contribution in [0.25, 0.3) is 0 Å². The second kappa shape index (κ2) is 5.56. The zero-order chi connectivity index (χ0) is 14.7. The molecule has 2 aromatic rings. The molecule has 1 aromatic heterocycles. The van der Waals surface area contributed by atoms with Crippen LogP contribution >= 0.6 is 0 Å². The van der Waals surface area contributed by atoms with E-state index < -0.39 is 11.4 Å². The molecule has 1 aliphatic carbocycles. The van der Waals surface area contributed by atoms with Gasteiger partial charge in [0, 0.05) is 24.6 Å². The standard InChI is InChI=1S/C17H18N2O2/c20-16(21)17(8-1-9-17)14-2-4-15(5-3-14)19-12-13-6-10-18-11-7-13/h2-7,10-11,19H,1,8-9,12H2,(H,20,21). The Morgan fingerprint density at radius 1 is 1.14 bits per heavy atom. The molecule has 4 heteroatoms. The molecule has 1 aromatic carbocycles. The molecule has 1 heterocycles. The van der Waals surface area contributed by atoms with Crippen molar-refractivity contribution in [2.45, 2.75) is 31.2 Å². The third-order valence-electron chi connectivity index (χ3n) is 4.30. The van der Waals surface area contributed by atoms with E-state index in [9.17, 15) is 9.90 Å². The highest BCUT2D eigenvalue weighted by Gasteiger charge is 2.45. The summed E-state index contributed by atoms with van der Waals surface area (Å²) >= 11 is 0. The van der Waals surface area contributed by atoms with Crippen molar-refractivity contribution in [2.24, 2.45) is 0 Å². The molecule has 0 bridgehead atoms. The SMILES string of the molecule is O=C(O)C1(c2ccc(NCc3ccncc3)cc2)CCC1. The Balaban J connectivity index is 1.68. The van der Waals surface area contributed by atoms with Gasteiger partial charge in [-0.05, 0) is 48.2 Å². The number of aliphatic carboxylic acids is 1. The summed E-state index contributed by atoms with van der Waals surface area (Å²) in [5, 5.41) is 12.8. The molecule has 0 atom stereocenters. The van der Waals surface area contributed by atoms with Crippen LogP contribution in [0.5, 0.6) is 0 Å². The predicted molar refractivity (Wildman–Crippen MR) is 81.2 cm³/mol. The molecule has 0 unspecified atom stereocenters. The van der Waals surface area contributed by atoms with E-state index in [0.29, 0.717) is 0 Å². The second-order valence-corrected chi connectivity index (χ2v) is 5.53. The summed E-state index contributed by atoms with van der Waals surface area (Å²) in [6.45, 7) is 0.728. The third-order valence-corrected chi connectivity index (χ3v) is 4.30. The summed E-state index contributed by atoms with van der Waals surface area (Å²) in [6.07, 6.45) is 6.02. The van der Waals surface area contributed by atoms with Crippen LogP contribution < -0.4 is 5.32 Å². The van der Waals surface area contributed by atoms with Gasteiger partial charge in [0.15, 0.2) is 0 Å². The van der Waals surface area contributed by atoms with Crippen molar-refractivity contribution < 1.29 is 9.90 Å². The molecule has 0 radical (unpaired) electrons. The number of carbonyl (C=O) groups is 1. The van der Waals surface area contributed by atoms with E-state index >= 15 is 0 Å². The molecular weight excluding hydrogens is 264 g/mol. The summed E-state index contributed by atoms with van der Waals surface area (Å²) < 4.78 is 0. The van der Waals surface area contributed by atoms with Crippen molar-refractivity contribution in [3.8, 4) is 0 Å². The number of nitrogens with zero attached hydrogens (tertiary/aromatic N) is 1. The quantitative estimate of drug-likeness (QED) is 0.884. The Hall–Kier alpha value is -2.36. The first kappa shape index (κ1) is 13.6. The fraction of sp³-hybridized carbons (Fsp3) is 0.294. The average Bonchev–Trinajstić information content (AvgIpc) is 2.46. The summed E-state index contributed by atoms with van der Waals surface area (Å²) in [5.74, 6) is -0.703. The number of nitrogens with one attached hydrogen (secondary N) is 1. The van der Waals surface area contributed by atoms with Crippen LogP contribution in [0.1, 0.15) is 30.4 Å². The highest BCUT2D eigenvalue weighted by molar-refractivity contribution is 5.82. The fourth-order valence-corrected chi connectivity index (χ4v) is 2.77. The largest absolute Gasteiger partial charge is 0.481 e. The van der Waals surface area contributed by atoms with E-state index in [4.69, 9.17) is 0 Å². The van der Waals surface area contributed by atoms with Crippen molar-refractivity contribution in [2.75, 3.05) is 5.32 Å². The lowest BCUT2D eigenvalue weighted by Crippen LogP contribution is -2.42. The van der Waals surface area contributed by atoms with E-state index in [1.54, 1.807) is 12.4 Å². The Labute approximate surface area is 123 Å². The van der Waals surface area contributed by atoms with Crippen molar-refractivity contribution in [3.05, 3.63) is 59.9 Å². The van der Waals surface area contributed by atoms with Gasteiger partial charge in [-0.15, -0.1) is 0 Å². The smallest absolute Gasteiger partial charge is 0.314 e. The van der Waals surface area contributed by atoms with Crippen LogP contribution in [0.4, 0.5) is 5.69 Å². The molecule has 21 heavy (non-hydrogen) atoms. The lowest BCUT2D eigenvalue weighted by molar-refractivity contribution is -0.147. The summed E-state index contributed by atoms with van der Waals surface area (Å²) in [7, 11) is 0. The minimum absolute atomic E-state index is 0.649. The number of carboxylic acids is 1. The summed E-state index contributed by atoms with van der Waals surface area (Å²) in [6, 6.07) is 11.7. The Morgan fingerprint density at radius 3 is 2.33 bits per heavy atom. The Morgan fingerprint density at radius 2 is 1.81 bits per heavy atom. The first-order chi connectivity index (χ1) is 10.2. The van der Waals surface area contributed by atoms with Gasteiger partial charge in [-0.2, -0.15) is 0 Å². The van der Waals surface area contributed by atoms with Gasteiger partial charge in [-0.1, -0.05) is 18.6 Å². The van der Waals surface area contributed by atoms with E-state index in [1.165, 1.54) is 0 Å². The topological polar surface area (TPSA) is 62.2 Å². The van der Waals surface area contributed by atoms with Gasteiger partial charge in [-0.25, -0.2) is 0 Å². The lowest BCUT2D eigenvalue weighted by atomic mass is 9.64. The zero-order valence-electron chi connectivity index (χ0n) is 11.7. The van der Waals surface area contributed by atoms with Crippen LogP contribution in [-0.4, -0.2) is 16.1 Å². The third kappa shape index (κ3) is 2.61. The second-order valence-electron chi connectivity index (χ2n) is 5.53. The maximum absolute atomic E-state index is 11.5. The number of anilines is 1. The van der Waals surface area contributed by atoms with Crippen LogP contribution in [0.2, 0.25) is 0 Å². The maximum atomic E-state index is 11.5. The van der Waals surface area contributed by atoms with Crippen LogP contribution in [0, 0.1) is 0 Å². The molecule has 1 saturated carbocycles. The molecule has 4 nitrogen and oxygen atoms in total. The van der Waals surface area contributed by atoms with Gasteiger partial charge in [0.05, 0.1) is 5.41 Å². The minimum atomic E-state index is -0.703. The normalized spacial score (nSPS) is 16.0. The average molecular weight is 282 g/mol. The van der Waals surface area contributed by atoms with E-state index in [0.717, 1.165) is 42.6 Å². The van der Waals surface area contributed by atoms with Gasteiger partial charge in [0.1, 0.15) is 0 Å². The molecular formula is C17H18N2O2. The Kier molecular flexibility index (Phi) is 3.60. The van der Waals surface area contributed by atoms with Crippen molar-refractivity contribution in [1.82, 2.24) is 4.98 Å². The molecule has 1 fully saturated rings. The van der Waals surface area contributed by atoms with E-state index in [2.05, 4.69) is 10.3 Å². The number of carboxylic acid groups (broad SMARTS) is 1. The van der Waals surface area contributed by atoms with Crippen LogP contribution in [0.15, 0.2) is 48.8 Å². The molecule has 0 amide bonds. The highest BCUT2D eigenvalue weighted by Crippen LogP contribution is 2.44. The molecule has 1 aliphatic rings. The fourth-order valence-electron chi connectivity index (χ4n) is 2.77. The number of pyridine rings is 1. The van der Waals surface area contributed by atoms with Gasteiger partial charge < -0.3 is 10.4 Å². The Bertz CT molecular complexity index is 619. The number of hydrogen-bond acceptors (Lipinski definition) is 3. The number of rotatable bonds is 5. The molecule has 108 valence electrons. The zero-order valence-corrected chi connectivity index (χ0v) is 11.7. The molecule has 0 saturated heterocycles.